The van der Waals surface area contributed by atoms with Gasteiger partial charge in [0, 0.05) is 6.07 Å². The van der Waals surface area contributed by atoms with Gasteiger partial charge in [0.15, 0.2) is 5.76 Å². The number of aromatic hydroxyl groups is 1. The molecule has 2 aromatic rings. The predicted octanol–water partition coefficient (Wildman–Crippen LogP) is 6.02. The molecule has 2 aromatic carbocycles. The van der Waals surface area contributed by atoms with Crippen LogP contribution in [0.15, 0.2) is 44.5 Å². The van der Waals surface area contributed by atoms with E-state index in [2.05, 4.69) is 50.6 Å². The topological polar surface area (TPSA) is 210 Å². The fourth-order valence-corrected chi connectivity index (χ4v) is 5.56. The van der Waals surface area contributed by atoms with E-state index in [1.54, 1.807) is 26.0 Å². The average Bonchev–Trinajstić information content (AvgIpc) is 3.59. The van der Waals surface area contributed by atoms with E-state index in [9.17, 15) is 33.3 Å². The SMILES string of the molecule is CC(C)=C1OC(=O)N(c2cc(OC3CCCC3)c(Cl)cc2F)C1=O.C[S+](C)C.N#Cc1cc(Br)c(O)c(Br)c1.O=C(O)CNCP(=O)([O-])O. The number of cyclic esters (lactones) is 1. The van der Waals surface area contributed by atoms with Gasteiger partial charge in [-0.3, -0.25) is 14.9 Å². The Labute approximate surface area is 308 Å². The summed E-state index contributed by atoms with van der Waals surface area (Å²) >= 11 is 12.3. The molecule has 4 rings (SSSR count). The largest absolute Gasteiger partial charge is 0.778 e. The van der Waals surface area contributed by atoms with Gasteiger partial charge in [0.05, 0.1) is 69.0 Å². The van der Waals surface area contributed by atoms with Crippen molar-refractivity contribution in [1.29, 1.82) is 5.26 Å². The third-order valence-electron chi connectivity index (χ3n) is 5.80. The lowest BCUT2D eigenvalue weighted by atomic mass is 10.2. The van der Waals surface area contributed by atoms with Crippen LogP contribution in [0.25, 0.3) is 0 Å². The molecule has 1 saturated heterocycles. The smallest absolute Gasteiger partial charge is 0.427 e. The highest BCUT2D eigenvalue weighted by atomic mass is 79.9. The van der Waals surface area contributed by atoms with Crippen LogP contribution in [-0.2, 0) is 29.8 Å². The van der Waals surface area contributed by atoms with Crippen LogP contribution >= 0.6 is 51.1 Å². The quantitative estimate of drug-likeness (QED) is 0.143. The van der Waals surface area contributed by atoms with Crippen LogP contribution in [-0.4, -0.2) is 70.8 Å². The van der Waals surface area contributed by atoms with Crippen LogP contribution in [0.5, 0.6) is 11.5 Å². The lowest BCUT2D eigenvalue weighted by Gasteiger charge is -2.18. The maximum Gasteiger partial charge on any atom is 0.427 e. The van der Waals surface area contributed by atoms with E-state index in [-0.39, 0.29) is 34.1 Å². The summed E-state index contributed by atoms with van der Waals surface area (Å²) in [5, 5.41) is 27.8. The van der Waals surface area contributed by atoms with Gasteiger partial charge in [0.25, 0.3) is 0 Å². The highest BCUT2D eigenvalue weighted by Crippen LogP contribution is 2.38. The number of carbonyl (C=O) groups excluding carboxylic acids is 2. The van der Waals surface area contributed by atoms with Crippen molar-refractivity contribution in [3.8, 4) is 17.6 Å². The number of aliphatic carboxylic acids is 1. The first-order valence-corrected chi connectivity index (χ1v) is 20.3. The normalized spacial score (nSPS) is 15.1. The summed E-state index contributed by atoms with van der Waals surface area (Å²) in [5.74, 6) is -2.39. The minimum atomic E-state index is -4.35. The monoisotopic (exact) mass is 873 g/mol. The summed E-state index contributed by atoms with van der Waals surface area (Å²) in [6.45, 7) is 2.79. The molecule has 2 fully saturated rings. The summed E-state index contributed by atoms with van der Waals surface area (Å²) in [6.07, 6.45) is 8.87. The molecule has 1 saturated carbocycles. The van der Waals surface area contributed by atoms with E-state index in [0.29, 0.717) is 35.9 Å². The standard InChI is InChI=1S/C17H17ClFNO4.C7H3Br2NO.C3H8NO5P.C3H9S/c1-9(2)15-16(21)20(17(22)24-15)13-8-14(11(18)7-12(13)19)23-10-5-3-4-6-10;8-5-1-4(3-10)2-6(9)7(5)11;5-3(6)1-4-2-10(7,8)9;1-4(2)3/h7-8,10H,3-6H2,1-2H3;1-2,11H;4H,1-2H2,(H,5,6)(H2,7,8,9);1-3H3/q;;;+1/p-1. The number of benzene rings is 2. The number of nitrogens with one attached hydrogen (secondary N) is 1. The number of ether oxygens (including phenoxy) is 2. The molecule has 1 heterocycles. The Morgan fingerprint density at radius 1 is 1.20 bits per heavy atom. The maximum absolute atomic E-state index is 14.3. The number of allylic oxidation sites excluding steroid dienone is 1. The lowest BCUT2D eigenvalue weighted by Crippen LogP contribution is -2.29. The number of rotatable bonds is 7. The van der Waals surface area contributed by atoms with Crippen LogP contribution in [0.1, 0.15) is 45.1 Å². The Morgan fingerprint density at radius 3 is 2.16 bits per heavy atom. The van der Waals surface area contributed by atoms with Crippen LogP contribution in [0.3, 0.4) is 0 Å². The number of amides is 2. The summed E-state index contributed by atoms with van der Waals surface area (Å²) in [6, 6.07) is 7.40. The number of carboxylic acids is 1. The van der Waals surface area contributed by atoms with Gasteiger partial charge in [-0.05, 0) is 106 Å². The van der Waals surface area contributed by atoms with Crippen LogP contribution in [0, 0.1) is 17.1 Å². The minimum absolute atomic E-state index is 0.00962. The minimum Gasteiger partial charge on any atom is -0.778 e. The van der Waals surface area contributed by atoms with Gasteiger partial charge in [-0.25, -0.2) is 14.1 Å². The second-order valence-corrected chi connectivity index (χ2v) is 17.0. The molecular formula is C30H36Br2ClFN3O10PS. The zero-order chi connectivity index (χ0) is 37.6. The summed E-state index contributed by atoms with van der Waals surface area (Å²) in [7, 11) is -3.71. The first-order chi connectivity index (χ1) is 22.7. The number of nitriles is 1. The molecule has 1 atom stereocenters. The van der Waals surface area contributed by atoms with Crippen molar-refractivity contribution in [2.75, 3.05) is 36.5 Å². The summed E-state index contributed by atoms with van der Waals surface area (Å²) in [4.78, 5) is 52.8. The molecule has 13 nitrogen and oxygen atoms in total. The molecular weight excluding hydrogens is 840 g/mol. The van der Waals surface area contributed by atoms with Crippen molar-refractivity contribution in [2.45, 2.75) is 45.6 Å². The molecule has 270 valence electrons. The number of phenolic OH excluding ortho intramolecular Hbond substituents is 1. The number of carbonyl (C=O) groups is 3. The van der Waals surface area contributed by atoms with Crippen LogP contribution in [0.4, 0.5) is 14.9 Å². The van der Waals surface area contributed by atoms with Gasteiger partial charge in [0.1, 0.15) is 24.9 Å². The van der Waals surface area contributed by atoms with Crippen LogP contribution < -0.4 is 19.8 Å². The first kappa shape index (κ1) is 44.3. The fraction of sp³-hybridized carbons (Fsp3) is 0.400. The number of carboxylic acid groups (broad SMARTS) is 1. The van der Waals surface area contributed by atoms with Crippen LogP contribution in [0.2, 0.25) is 5.02 Å². The molecule has 0 radical (unpaired) electrons. The third kappa shape index (κ3) is 15.8. The molecule has 0 aromatic heterocycles. The van der Waals surface area contributed by atoms with E-state index in [1.807, 2.05) is 11.4 Å². The average molecular weight is 876 g/mol. The maximum atomic E-state index is 14.3. The number of anilines is 1. The van der Waals surface area contributed by atoms with Gasteiger partial charge < -0.3 is 34.0 Å². The highest BCUT2D eigenvalue weighted by Gasteiger charge is 2.40. The molecule has 1 unspecified atom stereocenters. The Balaban J connectivity index is 0.000000399. The lowest BCUT2D eigenvalue weighted by molar-refractivity contribution is -0.193. The zero-order valence-electron chi connectivity index (χ0n) is 27.1. The van der Waals surface area contributed by atoms with Gasteiger partial charge in [0.2, 0.25) is 0 Å². The molecule has 0 bridgehead atoms. The number of imide groups is 1. The molecule has 49 heavy (non-hydrogen) atoms. The number of hydrogen-bond donors (Lipinski definition) is 4. The molecule has 4 N–H and O–H groups in total. The fourth-order valence-electron chi connectivity index (χ4n) is 3.78. The summed E-state index contributed by atoms with van der Waals surface area (Å²) in [5.41, 5.74) is 0.813. The van der Waals surface area contributed by atoms with Gasteiger partial charge in [-0.1, -0.05) is 11.6 Å². The van der Waals surface area contributed by atoms with Crippen molar-refractivity contribution in [3.63, 3.8) is 0 Å². The van der Waals surface area contributed by atoms with Crippen molar-refractivity contribution < 1.29 is 52.8 Å². The van der Waals surface area contributed by atoms with Crippen molar-refractivity contribution in [1.82, 2.24) is 5.32 Å². The molecule has 1 aliphatic carbocycles. The number of halogens is 4. The van der Waals surface area contributed by atoms with Gasteiger partial charge >= 0.3 is 18.0 Å². The van der Waals surface area contributed by atoms with Crippen molar-refractivity contribution in [3.05, 3.63) is 60.9 Å². The second-order valence-electron chi connectivity index (χ2n) is 10.8. The number of hydrogen-bond acceptors (Lipinski definition) is 10. The van der Waals surface area contributed by atoms with E-state index in [0.717, 1.165) is 31.7 Å². The second kappa shape index (κ2) is 20.9. The molecule has 2 amide bonds. The number of phenols is 1. The van der Waals surface area contributed by atoms with E-state index in [4.69, 9.17) is 36.3 Å². The Morgan fingerprint density at radius 2 is 1.73 bits per heavy atom. The molecule has 1 aliphatic heterocycles. The molecule has 0 spiro atoms. The summed E-state index contributed by atoms with van der Waals surface area (Å²) < 4.78 is 36.0. The Bertz CT molecular complexity index is 1600. The molecule has 19 heteroatoms. The van der Waals surface area contributed by atoms with E-state index in [1.165, 1.54) is 6.07 Å². The van der Waals surface area contributed by atoms with Gasteiger partial charge in [-0.2, -0.15) is 5.26 Å². The number of nitrogens with zero attached hydrogens (tertiary/aromatic N) is 2. The Hall–Kier alpha value is -2.68. The zero-order valence-corrected chi connectivity index (χ0v) is 32.7. The van der Waals surface area contributed by atoms with Crippen molar-refractivity contribution in [2.24, 2.45) is 0 Å². The predicted molar refractivity (Wildman–Crippen MR) is 190 cm³/mol. The molecule has 2 aliphatic rings. The van der Waals surface area contributed by atoms with E-state index < -0.39 is 44.2 Å². The van der Waals surface area contributed by atoms with Gasteiger partial charge in [-0.15, -0.1) is 0 Å². The first-order valence-electron chi connectivity index (χ1n) is 14.1. The third-order valence-corrected chi connectivity index (χ3v) is 7.92. The highest BCUT2D eigenvalue weighted by molar-refractivity contribution is 9.11. The Kier molecular flexibility index (Phi) is 18.9. The van der Waals surface area contributed by atoms with E-state index >= 15 is 0 Å². The van der Waals surface area contributed by atoms with Crippen molar-refractivity contribution >= 4 is 85.6 Å².